The van der Waals surface area contributed by atoms with Gasteiger partial charge in [0, 0.05) is 0 Å². The van der Waals surface area contributed by atoms with Crippen LogP contribution in [0.3, 0.4) is 0 Å². The molecule has 1 nitrogen and oxygen atoms in total. The highest BCUT2D eigenvalue weighted by molar-refractivity contribution is 7.07. The molecule has 0 saturated heterocycles. The van der Waals surface area contributed by atoms with E-state index in [1.807, 2.05) is 12.1 Å². The van der Waals surface area contributed by atoms with E-state index in [0.717, 1.165) is 0 Å². The van der Waals surface area contributed by atoms with Gasteiger partial charge in [-0.2, -0.15) is 0 Å². The first-order chi connectivity index (χ1) is 10.4. The SMILES string of the molecule is CC(=O)/C=C\[Si](c1ccccc1)(c1ccccc1)C(C)(C)C. The lowest BCUT2D eigenvalue weighted by atomic mass is 10.2. The maximum Gasteiger partial charge on any atom is 0.151 e. The van der Waals surface area contributed by atoms with E-state index in [-0.39, 0.29) is 10.8 Å². The Morgan fingerprint density at radius 3 is 1.59 bits per heavy atom. The van der Waals surface area contributed by atoms with Gasteiger partial charge in [0.25, 0.3) is 0 Å². The van der Waals surface area contributed by atoms with Gasteiger partial charge in [0.2, 0.25) is 0 Å². The third kappa shape index (κ3) is 3.12. The van der Waals surface area contributed by atoms with Gasteiger partial charge in [-0.1, -0.05) is 87.1 Å². The highest BCUT2D eigenvalue weighted by atomic mass is 28.3. The number of carbonyl (C=O) groups is 1. The van der Waals surface area contributed by atoms with E-state index in [0.29, 0.717) is 0 Å². The number of ketones is 1. The molecule has 0 saturated carbocycles. The molecule has 2 heteroatoms. The Kier molecular flexibility index (Phi) is 4.82. The Hall–Kier alpha value is -1.93. The molecule has 0 aliphatic heterocycles. The van der Waals surface area contributed by atoms with Crippen molar-refractivity contribution in [3.63, 3.8) is 0 Å². The van der Waals surface area contributed by atoms with Crippen molar-refractivity contribution < 1.29 is 4.79 Å². The first-order valence-corrected chi connectivity index (χ1v) is 9.76. The van der Waals surface area contributed by atoms with Crippen molar-refractivity contribution in [2.75, 3.05) is 0 Å². The quantitative estimate of drug-likeness (QED) is 0.621. The van der Waals surface area contributed by atoms with E-state index < -0.39 is 8.07 Å². The van der Waals surface area contributed by atoms with Gasteiger partial charge >= 0.3 is 0 Å². The fourth-order valence-corrected chi connectivity index (χ4v) is 7.99. The highest BCUT2D eigenvalue weighted by Gasteiger charge is 2.45. The standard InChI is InChI=1S/C20H24OSi/c1-17(21)15-16-22(20(2,3)4,18-11-7-5-8-12-18)19-13-9-6-10-14-19/h5-16H,1-4H3/b16-15-. The van der Waals surface area contributed by atoms with Gasteiger partial charge in [-0.15, -0.1) is 0 Å². The minimum Gasteiger partial charge on any atom is -0.295 e. The van der Waals surface area contributed by atoms with Gasteiger partial charge in [-0.25, -0.2) is 0 Å². The molecule has 0 atom stereocenters. The minimum absolute atomic E-state index is 0.0572. The number of hydrogen-bond acceptors (Lipinski definition) is 1. The molecule has 0 N–H and O–H groups in total. The predicted molar refractivity (Wildman–Crippen MR) is 97.4 cm³/mol. The van der Waals surface area contributed by atoms with E-state index in [9.17, 15) is 4.79 Å². The molecule has 2 aromatic rings. The Morgan fingerprint density at radius 2 is 1.27 bits per heavy atom. The van der Waals surface area contributed by atoms with Crippen LogP contribution in [0.5, 0.6) is 0 Å². The van der Waals surface area contributed by atoms with Gasteiger partial charge < -0.3 is 0 Å². The molecule has 0 aromatic heterocycles. The van der Waals surface area contributed by atoms with Crippen LogP contribution in [-0.4, -0.2) is 13.9 Å². The lowest BCUT2D eigenvalue weighted by Crippen LogP contribution is -2.63. The lowest BCUT2D eigenvalue weighted by molar-refractivity contribution is -0.112. The van der Waals surface area contributed by atoms with Gasteiger partial charge in [-0.05, 0) is 28.4 Å². The smallest absolute Gasteiger partial charge is 0.151 e. The fourth-order valence-electron chi connectivity index (χ4n) is 3.12. The van der Waals surface area contributed by atoms with Gasteiger partial charge in [0.15, 0.2) is 5.78 Å². The fraction of sp³-hybridized carbons (Fsp3) is 0.250. The third-order valence-corrected chi connectivity index (χ3v) is 9.73. The summed E-state index contributed by atoms with van der Waals surface area (Å²) in [6.07, 6.45) is 1.76. The lowest BCUT2D eigenvalue weighted by Gasteiger charge is -2.42. The number of rotatable bonds is 4. The molecular formula is C20H24OSi. The number of benzene rings is 2. The summed E-state index contributed by atoms with van der Waals surface area (Å²) >= 11 is 0. The molecule has 0 heterocycles. The maximum atomic E-state index is 11.6. The van der Waals surface area contributed by atoms with Crippen molar-refractivity contribution in [1.82, 2.24) is 0 Å². The van der Waals surface area contributed by atoms with Crippen LogP contribution in [0.25, 0.3) is 0 Å². The summed E-state index contributed by atoms with van der Waals surface area (Å²) in [4.78, 5) is 11.6. The molecule has 2 aromatic carbocycles. The summed E-state index contributed by atoms with van der Waals surface area (Å²) in [6, 6.07) is 21.3. The van der Waals surface area contributed by atoms with Crippen LogP contribution in [0, 0.1) is 0 Å². The molecular weight excluding hydrogens is 284 g/mol. The zero-order valence-electron chi connectivity index (χ0n) is 13.8. The molecule has 0 radical (unpaired) electrons. The van der Waals surface area contributed by atoms with Crippen LogP contribution in [0.15, 0.2) is 72.4 Å². The van der Waals surface area contributed by atoms with Crippen molar-refractivity contribution in [3.05, 3.63) is 72.4 Å². The zero-order chi connectivity index (χ0) is 16.2. The number of carbonyl (C=O) groups excluding carboxylic acids is 1. The second kappa shape index (κ2) is 6.45. The van der Waals surface area contributed by atoms with Crippen molar-refractivity contribution >= 4 is 24.2 Å². The maximum absolute atomic E-state index is 11.6. The van der Waals surface area contributed by atoms with Crippen molar-refractivity contribution in [2.45, 2.75) is 32.7 Å². The van der Waals surface area contributed by atoms with Crippen LogP contribution in [0.1, 0.15) is 27.7 Å². The molecule has 0 aliphatic rings. The van der Waals surface area contributed by atoms with Crippen molar-refractivity contribution in [2.24, 2.45) is 0 Å². The molecule has 0 aliphatic carbocycles. The third-order valence-electron chi connectivity index (χ3n) is 4.21. The van der Waals surface area contributed by atoms with E-state index in [2.05, 4.69) is 75.0 Å². The summed E-state index contributed by atoms with van der Waals surface area (Å²) in [5.74, 6) is 0.105. The summed E-state index contributed by atoms with van der Waals surface area (Å²) < 4.78 is 0. The summed E-state index contributed by atoms with van der Waals surface area (Å²) in [6.45, 7) is 8.46. The number of hydrogen-bond donors (Lipinski definition) is 0. The summed E-state index contributed by atoms with van der Waals surface area (Å²) in [5, 5.41) is 2.74. The molecule has 22 heavy (non-hydrogen) atoms. The van der Waals surface area contributed by atoms with Crippen molar-refractivity contribution in [3.8, 4) is 0 Å². The first-order valence-electron chi connectivity index (χ1n) is 7.69. The molecule has 0 fully saturated rings. The number of allylic oxidation sites excluding steroid dienone is 1. The topological polar surface area (TPSA) is 17.1 Å². The minimum atomic E-state index is -2.21. The van der Waals surface area contributed by atoms with E-state index in [1.54, 1.807) is 13.0 Å². The molecule has 0 unspecified atom stereocenters. The van der Waals surface area contributed by atoms with Crippen LogP contribution in [0.4, 0.5) is 0 Å². The summed E-state index contributed by atoms with van der Waals surface area (Å²) in [7, 11) is -2.21. The van der Waals surface area contributed by atoms with Crippen LogP contribution in [-0.2, 0) is 4.79 Å². The molecule has 0 bridgehead atoms. The van der Waals surface area contributed by atoms with Crippen LogP contribution in [0.2, 0.25) is 5.04 Å². The Labute approximate surface area is 134 Å². The Morgan fingerprint density at radius 1 is 0.864 bits per heavy atom. The largest absolute Gasteiger partial charge is 0.295 e. The van der Waals surface area contributed by atoms with Crippen molar-refractivity contribution in [1.29, 1.82) is 0 Å². The average molecular weight is 308 g/mol. The monoisotopic (exact) mass is 308 g/mol. The van der Waals surface area contributed by atoms with Crippen LogP contribution >= 0.6 is 0 Å². The van der Waals surface area contributed by atoms with Gasteiger partial charge in [0.1, 0.15) is 8.07 Å². The van der Waals surface area contributed by atoms with Gasteiger partial charge in [0.05, 0.1) is 0 Å². The Balaban J connectivity index is 2.78. The average Bonchev–Trinajstić information content (AvgIpc) is 2.48. The second-order valence-electron chi connectivity index (χ2n) is 6.73. The highest BCUT2D eigenvalue weighted by Crippen LogP contribution is 2.36. The normalized spacial score (nSPS) is 12.5. The summed E-state index contributed by atoms with van der Waals surface area (Å²) in [5.41, 5.74) is 2.21. The van der Waals surface area contributed by atoms with E-state index in [1.165, 1.54) is 10.4 Å². The Bertz CT molecular complexity index is 612. The predicted octanol–water partition coefficient (Wildman–Crippen LogP) is 3.73. The molecule has 114 valence electrons. The zero-order valence-corrected chi connectivity index (χ0v) is 14.8. The van der Waals surface area contributed by atoms with Gasteiger partial charge in [-0.3, -0.25) is 4.79 Å². The van der Waals surface area contributed by atoms with E-state index >= 15 is 0 Å². The molecule has 0 amide bonds. The van der Waals surface area contributed by atoms with Crippen LogP contribution < -0.4 is 10.4 Å². The first kappa shape index (κ1) is 16.4. The van der Waals surface area contributed by atoms with E-state index in [4.69, 9.17) is 0 Å². The molecule has 0 spiro atoms. The molecule has 2 rings (SSSR count). The second-order valence-corrected chi connectivity index (χ2v) is 11.3.